The van der Waals surface area contributed by atoms with E-state index >= 15 is 0 Å². The fourth-order valence-electron chi connectivity index (χ4n) is 3.74. The van der Waals surface area contributed by atoms with Crippen molar-refractivity contribution in [3.05, 3.63) is 46.0 Å². The van der Waals surface area contributed by atoms with Crippen LogP contribution in [-0.4, -0.2) is 45.5 Å². The van der Waals surface area contributed by atoms with Crippen LogP contribution in [0.5, 0.6) is 0 Å². The third-order valence-corrected chi connectivity index (χ3v) is 6.65. The molecular formula is C22H25ClN6O3S. The van der Waals surface area contributed by atoms with Gasteiger partial charge in [0.25, 0.3) is 5.56 Å². The van der Waals surface area contributed by atoms with Crippen LogP contribution in [0.4, 0.5) is 10.8 Å². The summed E-state index contributed by atoms with van der Waals surface area (Å²) >= 11 is 7.11. The number of anilines is 2. The average Bonchev–Trinajstić information content (AvgIpc) is 3.22. The van der Waals surface area contributed by atoms with Gasteiger partial charge in [0.05, 0.1) is 5.92 Å². The van der Waals surface area contributed by atoms with Crippen molar-refractivity contribution >= 4 is 55.9 Å². The Hall–Kier alpha value is -2.98. The van der Waals surface area contributed by atoms with Gasteiger partial charge in [-0.2, -0.15) is 4.98 Å². The van der Waals surface area contributed by atoms with Crippen molar-refractivity contribution in [1.29, 1.82) is 0 Å². The molecule has 0 spiro atoms. The number of rotatable bonds is 6. The molecule has 0 bridgehead atoms. The summed E-state index contributed by atoms with van der Waals surface area (Å²) < 4.78 is 1.66. The lowest BCUT2D eigenvalue weighted by Crippen LogP contribution is -2.44. The lowest BCUT2D eigenvalue weighted by molar-refractivity contribution is -0.125. The van der Waals surface area contributed by atoms with E-state index in [1.807, 2.05) is 18.7 Å². The molecule has 1 fully saturated rings. The molecule has 4 rings (SSSR count). The highest BCUT2D eigenvalue weighted by atomic mass is 35.5. The number of benzene rings is 1. The first-order valence-electron chi connectivity index (χ1n) is 10.8. The molecule has 9 nitrogen and oxygen atoms in total. The van der Waals surface area contributed by atoms with E-state index in [4.69, 9.17) is 11.6 Å². The molecule has 1 atom stereocenters. The van der Waals surface area contributed by atoms with E-state index in [1.54, 1.807) is 24.3 Å². The summed E-state index contributed by atoms with van der Waals surface area (Å²) in [5.74, 6) is -0.419. The van der Waals surface area contributed by atoms with Gasteiger partial charge in [0, 0.05) is 29.8 Å². The van der Waals surface area contributed by atoms with E-state index in [-0.39, 0.29) is 35.9 Å². The van der Waals surface area contributed by atoms with Gasteiger partial charge in [-0.05, 0) is 51.0 Å². The summed E-state index contributed by atoms with van der Waals surface area (Å²) in [7, 11) is 0. The van der Waals surface area contributed by atoms with Crippen molar-refractivity contribution in [1.82, 2.24) is 19.9 Å². The Morgan fingerprint density at radius 1 is 1.27 bits per heavy atom. The van der Waals surface area contributed by atoms with Gasteiger partial charge in [-0.1, -0.05) is 22.9 Å². The predicted molar refractivity (Wildman–Crippen MR) is 130 cm³/mol. The normalized spacial score (nSPS) is 16.2. The van der Waals surface area contributed by atoms with Crippen LogP contribution in [0.3, 0.4) is 0 Å². The van der Waals surface area contributed by atoms with E-state index in [1.165, 1.54) is 22.2 Å². The van der Waals surface area contributed by atoms with Crippen molar-refractivity contribution in [2.24, 2.45) is 5.92 Å². The predicted octanol–water partition coefficient (Wildman–Crippen LogP) is 2.89. The second-order valence-corrected chi connectivity index (χ2v) is 9.74. The van der Waals surface area contributed by atoms with Crippen LogP contribution in [0, 0.1) is 5.92 Å². The number of thiazole rings is 1. The topological polar surface area (TPSA) is 109 Å². The maximum atomic E-state index is 13.0. The molecule has 3 aromatic rings. The fraction of sp³-hybridized carbons (Fsp3) is 0.409. The van der Waals surface area contributed by atoms with Gasteiger partial charge >= 0.3 is 0 Å². The zero-order valence-corrected chi connectivity index (χ0v) is 19.9. The molecule has 0 aliphatic carbocycles. The van der Waals surface area contributed by atoms with Crippen LogP contribution in [0.15, 0.2) is 35.4 Å². The van der Waals surface area contributed by atoms with Gasteiger partial charge in [0.1, 0.15) is 17.6 Å². The van der Waals surface area contributed by atoms with Crippen molar-refractivity contribution in [2.45, 2.75) is 39.3 Å². The Kier molecular flexibility index (Phi) is 6.94. The summed E-state index contributed by atoms with van der Waals surface area (Å²) in [6, 6.07) is 6.82. The van der Waals surface area contributed by atoms with E-state index in [9.17, 15) is 14.4 Å². The Bertz CT molecular complexity index is 1220. The van der Waals surface area contributed by atoms with Crippen molar-refractivity contribution in [2.75, 3.05) is 23.3 Å². The van der Waals surface area contributed by atoms with E-state index in [2.05, 4.69) is 20.6 Å². The highest BCUT2D eigenvalue weighted by Gasteiger charge is 2.28. The first kappa shape index (κ1) is 23.2. The molecule has 1 aliphatic heterocycles. The standard InChI is InChI=1S/C22H25ClN6O3S/c1-13(2)25-20(31)14-4-3-9-28(10-14)22-27-19-18(33-22)21(32)29(12-24-19)11-17(30)26-16-7-5-15(23)6-8-16/h5-8,12-14H,3-4,9-11H2,1-2H3,(H,25,31)(H,26,30)/t14-/m1/s1. The number of carbonyl (C=O) groups excluding carboxylic acids is 2. The number of piperidine rings is 1. The lowest BCUT2D eigenvalue weighted by atomic mass is 9.97. The zero-order valence-electron chi connectivity index (χ0n) is 18.4. The summed E-state index contributed by atoms with van der Waals surface area (Å²) in [5.41, 5.74) is 0.622. The third-order valence-electron chi connectivity index (χ3n) is 5.31. The van der Waals surface area contributed by atoms with Crippen LogP contribution in [0.25, 0.3) is 10.3 Å². The van der Waals surface area contributed by atoms with Crippen LogP contribution < -0.4 is 21.1 Å². The first-order chi connectivity index (χ1) is 15.8. The molecule has 2 N–H and O–H groups in total. The summed E-state index contributed by atoms with van der Waals surface area (Å²) in [6.45, 7) is 5.04. The number of nitrogens with one attached hydrogen (secondary N) is 2. The molecule has 0 unspecified atom stereocenters. The fourth-order valence-corrected chi connectivity index (χ4v) is 4.87. The quantitative estimate of drug-likeness (QED) is 0.552. The summed E-state index contributed by atoms with van der Waals surface area (Å²) in [4.78, 5) is 48.6. The molecule has 33 heavy (non-hydrogen) atoms. The monoisotopic (exact) mass is 488 g/mol. The van der Waals surface area contributed by atoms with Gasteiger partial charge in [-0.15, -0.1) is 0 Å². The second-order valence-electron chi connectivity index (χ2n) is 8.33. The Labute approximate surface area is 199 Å². The zero-order chi connectivity index (χ0) is 23.5. The number of amides is 2. The van der Waals surface area contributed by atoms with Gasteiger partial charge in [-0.25, -0.2) is 4.98 Å². The molecule has 1 aromatic carbocycles. The Balaban J connectivity index is 1.48. The van der Waals surface area contributed by atoms with E-state index in [0.29, 0.717) is 32.7 Å². The average molecular weight is 489 g/mol. The molecule has 2 aromatic heterocycles. The molecule has 11 heteroatoms. The van der Waals surface area contributed by atoms with Crippen LogP contribution >= 0.6 is 22.9 Å². The van der Waals surface area contributed by atoms with Crippen LogP contribution in [0.2, 0.25) is 5.02 Å². The van der Waals surface area contributed by atoms with Crippen molar-refractivity contribution < 1.29 is 9.59 Å². The maximum absolute atomic E-state index is 13.0. The van der Waals surface area contributed by atoms with Crippen LogP contribution in [0.1, 0.15) is 26.7 Å². The van der Waals surface area contributed by atoms with Crippen molar-refractivity contribution in [3.63, 3.8) is 0 Å². The molecule has 0 radical (unpaired) electrons. The molecular weight excluding hydrogens is 464 g/mol. The number of carbonyl (C=O) groups is 2. The van der Waals surface area contributed by atoms with Gasteiger partial charge in [0.15, 0.2) is 10.8 Å². The van der Waals surface area contributed by atoms with Gasteiger partial charge in [-0.3, -0.25) is 19.0 Å². The molecule has 2 amide bonds. The van der Waals surface area contributed by atoms with Gasteiger partial charge < -0.3 is 15.5 Å². The maximum Gasteiger partial charge on any atom is 0.273 e. The number of aromatic nitrogens is 3. The highest BCUT2D eigenvalue weighted by Crippen LogP contribution is 2.29. The number of nitrogens with zero attached hydrogens (tertiary/aromatic N) is 4. The number of hydrogen-bond donors (Lipinski definition) is 2. The second kappa shape index (κ2) is 9.88. The van der Waals surface area contributed by atoms with Gasteiger partial charge in [0.2, 0.25) is 11.8 Å². The molecule has 0 saturated carbocycles. The SMILES string of the molecule is CC(C)NC(=O)[C@@H]1CCCN(c2nc3ncn(CC(=O)Nc4ccc(Cl)cc4)c(=O)c3s2)C1. The number of hydrogen-bond acceptors (Lipinski definition) is 7. The molecule has 1 saturated heterocycles. The number of fused-ring (bicyclic) bond motifs is 1. The molecule has 3 heterocycles. The van der Waals surface area contributed by atoms with Crippen molar-refractivity contribution in [3.8, 4) is 0 Å². The Morgan fingerprint density at radius 2 is 2.03 bits per heavy atom. The summed E-state index contributed by atoms with van der Waals surface area (Å²) in [6.07, 6.45) is 3.03. The minimum atomic E-state index is -0.347. The highest BCUT2D eigenvalue weighted by molar-refractivity contribution is 7.22. The smallest absolute Gasteiger partial charge is 0.273 e. The third kappa shape index (κ3) is 5.51. The lowest BCUT2D eigenvalue weighted by Gasteiger charge is -2.32. The largest absolute Gasteiger partial charge is 0.354 e. The summed E-state index contributed by atoms with van der Waals surface area (Å²) in [5, 5.41) is 6.94. The minimum absolute atomic E-state index is 0.0444. The first-order valence-corrected chi connectivity index (χ1v) is 12.0. The molecule has 174 valence electrons. The van der Waals surface area contributed by atoms with Crippen LogP contribution in [-0.2, 0) is 16.1 Å². The molecule has 1 aliphatic rings. The van der Waals surface area contributed by atoms with E-state index in [0.717, 1.165) is 19.4 Å². The number of halogens is 1. The minimum Gasteiger partial charge on any atom is -0.354 e. The Morgan fingerprint density at radius 3 is 2.76 bits per heavy atom. The van der Waals surface area contributed by atoms with E-state index < -0.39 is 0 Å².